The molecule has 1 unspecified atom stereocenters. The van der Waals surface area contributed by atoms with E-state index in [2.05, 4.69) is 5.32 Å². The van der Waals surface area contributed by atoms with E-state index in [4.69, 9.17) is 12.2 Å². The highest BCUT2D eigenvalue weighted by molar-refractivity contribution is 7.80. The Labute approximate surface area is 130 Å². The minimum Gasteiger partial charge on any atom is -0.465 e. The van der Waals surface area contributed by atoms with Gasteiger partial charge >= 0.3 is 6.09 Å². The fraction of sp³-hybridized carbons (Fsp3) is 0.154. The highest BCUT2D eigenvalue weighted by Gasteiger charge is 2.37. The summed E-state index contributed by atoms with van der Waals surface area (Å²) >= 11 is 5.00. The predicted octanol–water partition coefficient (Wildman–Crippen LogP) is 2.30. The van der Waals surface area contributed by atoms with Crippen molar-refractivity contribution in [3.63, 3.8) is 0 Å². The zero-order valence-corrected chi connectivity index (χ0v) is 12.1. The third kappa shape index (κ3) is 2.59. The molecule has 0 fully saturated rings. The first kappa shape index (κ1) is 15.4. The molecular formula is C13H10N4O4S. The van der Waals surface area contributed by atoms with Crippen LogP contribution in [0.2, 0.25) is 0 Å². The van der Waals surface area contributed by atoms with Crippen LogP contribution in [0.4, 0.5) is 10.5 Å². The van der Waals surface area contributed by atoms with Crippen molar-refractivity contribution in [3.05, 3.63) is 51.2 Å². The lowest BCUT2D eigenvalue weighted by atomic mass is 9.95. The molecule has 1 aromatic carbocycles. The Morgan fingerprint density at radius 1 is 1.59 bits per heavy atom. The first-order valence-electron chi connectivity index (χ1n) is 6.05. The van der Waals surface area contributed by atoms with Gasteiger partial charge in [0, 0.05) is 17.8 Å². The lowest BCUT2D eigenvalue weighted by Crippen LogP contribution is -2.49. The Morgan fingerprint density at radius 3 is 2.82 bits per heavy atom. The van der Waals surface area contributed by atoms with Gasteiger partial charge in [-0.25, -0.2) is 9.69 Å². The van der Waals surface area contributed by atoms with E-state index >= 15 is 0 Å². The molecule has 2 N–H and O–H groups in total. The lowest BCUT2D eigenvalue weighted by molar-refractivity contribution is -0.384. The molecule has 0 aromatic heterocycles. The topological polar surface area (TPSA) is 119 Å². The second kappa shape index (κ2) is 5.79. The van der Waals surface area contributed by atoms with E-state index < -0.39 is 17.1 Å². The first-order valence-corrected chi connectivity index (χ1v) is 6.46. The number of carbonyl (C=O) groups is 1. The zero-order valence-electron chi connectivity index (χ0n) is 11.3. The summed E-state index contributed by atoms with van der Waals surface area (Å²) in [4.78, 5) is 22.6. The third-order valence-electron chi connectivity index (χ3n) is 3.17. The summed E-state index contributed by atoms with van der Waals surface area (Å²) in [7, 11) is 0. The number of benzene rings is 1. The molecule has 9 heteroatoms. The molecule has 1 aromatic rings. The Bertz CT molecular complexity index is 753. The quantitative estimate of drug-likeness (QED) is 0.487. The van der Waals surface area contributed by atoms with Crippen LogP contribution in [0.25, 0.3) is 0 Å². The van der Waals surface area contributed by atoms with Gasteiger partial charge in [0.15, 0.2) is 5.11 Å². The van der Waals surface area contributed by atoms with Gasteiger partial charge in [0.05, 0.1) is 16.6 Å². The van der Waals surface area contributed by atoms with E-state index in [0.29, 0.717) is 11.3 Å². The number of nitro groups is 1. The Morgan fingerprint density at radius 2 is 2.27 bits per heavy atom. The molecule has 1 aliphatic rings. The summed E-state index contributed by atoms with van der Waals surface area (Å²) in [5.74, 6) is 0. The Hall–Kier alpha value is -2.99. The van der Waals surface area contributed by atoms with Crippen molar-refractivity contribution in [3.8, 4) is 6.07 Å². The number of allylic oxidation sites excluding steroid dienone is 1. The molecule has 0 saturated carbocycles. The van der Waals surface area contributed by atoms with Crippen LogP contribution < -0.4 is 5.32 Å². The van der Waals surface area contributed by atoms with Gasteiger partial charge < -0.3 is 10.4 Å². The van der Waals surface area contributed by atoms with E-state index in [1.54, 1.807) is 6.92 Å². The van der Waals surface area contributed by atoms with Gasteiger partial charge in [-0.05, 0) is 24.7 Å². The molecule has 0 radical (unpaired) electrons. The molecule has 8 nitrogen and oxygen atoms in total. The van der Waals surface area contributed by atoms with Crippen molar-refractivity contribution in [2.45, 2.75) is 13.0 Å². The number of amides is 1. The molecule has 0 saturated heterocycles. The molecule has 1 atom stereocenters. The molecule has 0 bridgehead atoms. The number of thiocarbonyl (C=S) groups is 1. The number of hydrogen-bond donors (Lipinski definition) is 2. The van der Waals surface area contributed by atoms with Crippen LogP contribution in [-0.4, -0.2) is 26.1 Å². The highest BCUT2D eigenvalue weighted by atomic mass is 32.1. The lowest BCUT2D eigenvalue weighted by Gasteiger charge is -2.34. The second-order valence-corrected chi connectivity index (χ2v) is 4.87. The van der Waals surface area contributed by atoms with Gasteiger partial charge in [0.25, 0.3) is 5.69 Å². The molecular weight excluding hydrogens is 308 g/mol. The fourth-order valence-corrected chi connectivity index (χ4v) is 2.54. The van der Waals surface area contributed by atoms with Gasteiger partial charge in [-0.1, -0.05) is 12.1 Å². The monoisotopic (exact) mass is 318 g/mol. The molecule has 2 rings (SSSR count). The van der Waals surface area contributed by atoms with Crippen molar-refractivity contribution in [2.75, 3.05) is 0 Å². The van der Waals surface area contributed by atoms with Crippen LogP contribution in [0.15, 0.2) is 35.5 Å². The minimum absolute atomic E-state index is 0.0829. The number of nitriles is 1. The number of hydrogen-bond acceptors (Lipinski definition) is 5. The van der Waals surface area contributed by atoms with E-state index in [0.717, 1.165) is 4.90 Å². The van der Waals surface area contributed by atoms with Crippen LogP contribution in [0.1, 0.15) is 18.5 Å². The average Bonchev–Trinajstić information content (AvgIpc) is 2.46. The van der Waals surface area contributed by atoms with Crippen molar-refractivity contribution in [2.24, 2.45) is 0 Å². The normalized spacial score (nSPS) is 17.7. The Balaban J connectivity index is 2.65. The van der Waals surface area contributed by atoms with Gasteiger partial charge in [-0.2, -0.15) is 5.26 Å². The van der Waals surface area contributed by atoms with E-state index in [1.807, 2.05) is 6.07 Å². The van der Waals surface area contributed by atoms with E-state index in [1.165, 1.54) is 24.3 Å². The van der Waals surface area contributed by atoms with E-state index in [9.17, 15) is 25.3 Å². The number of carboxylic acid groups (broad SMARTS) is 1. The van der Waals surface area contributed by atoms with Crippen LogP contribution >= 0.6 is 12.2 Å². The summed E-state index contributed by atoms with van der Waals surface area (Å²) < 4.78 is 0. The van der Waals surface area contributed by atoms with Crippen molar-refractivity contribution in [1.29, 1.82) is 5.26 Å². The van der Waals surface area contributed by atoms with Crippen molar-refractivity contribution in [1.82, 2.24) is 10.2 Å². The minimum atomic E-state index is -1.35. The molecule has 112 valence electrons. The van der Waals surface area contributed by atoms with Gasteiger partial charge in [-0.3, -0.25) is 10.1 Å². The predicted molar refractivity (Wildman–Crippen MR) is 79.7 cm³/mol. The largest absolute Gasteiger partial charge is 0.465 e. The molecule has 0 spiro atoms. The van der Waals surface area contributed by atoms with Gasteiger partial charge in [0.2, 0.25) is 0 Å². The smallest absolute Gasteiger partial charge is 0.414 e. The SMILES string of the molecule is CC1=C(C#N)C(c2cccc([N+](=O)[O-])c2)N(C(=O)O)C(=S)N1. The Kier molecular flexibility index (Phi) is 4.05. The molecule has 1 heterocycles. The summed E-state index contributed by atoms with van der Waals surface area (Å²) in [6, 6.07) is 6.40. The molecule has 22 heavy (non-hydrogen) atoms. The third-order valence-corrected chi connectivity index (χ3v) is 3.47. The maximum atomic E-state index is 11.5. The number of nitro benzene ring substituents is 1. The van der Waals surface area contributed by atoms with Crippen LogP contribution in [0.3, 0.4) is 0 Å². The van der Waals surface area contributed by atoms with Crippen molar-refractivity contribution < 1.29 is 14.8 Å². The zero-order chi connectivity index (χ0) is 16.4. The van der Waals surface area contributed by atoms with Crippen LogP contribution in [0.5, 0.6) is 0 Å². The summed E-state index contributed by atoms with van der Waals surface area (Å²) in [6.07, 6.45) is -1.35. The number of nitrogens with zero attached hydrogens (tertiary/aromatic N) is 3. The van der Waals surface area contributed by atoms with Crippen LogP contribution in [-0.2, 0) is 0 Å². The maximum Gasteiger partial charge on any atom is 0.414 e. The standard InChI is InChI=1S/C13H10N4O4S/c1-7-10(6-14)11(16(13(18)19)12(22)15-7)8-3-2-4-9(5-8)17(20)21/h2-5,11H,1H3,(H,15,22)(H,18,19). The molecule has 1 amide bonds. The van der Waals surface area contributed by atoms with E-state index in [-0.39, 0.29) is 16.4 Å². The maximum absolute atomic E-state index is 11.5. The second-order valence-electron chi connectivity index (χ2n) is 4.49. The first-order chi connectivity index (χ1) is 10.4. The molecule has 0 aliphatic carbocycles. The van der Waals surface area contributed by atoms with Gasteiger partial charge in [0.1, 0.15) is 6.04 Å². The summed E-state index contributed by atoms with van der Waals surface area (Å²) in [6.45, 7) is 1.59. The fourth-order valence-electron chi connectivity index (χ4n) is 2.21. The number of nitrogens with one attached hydrogen (secondary N) is 1. The summed E-state index contributed by atoms with van der Waals surface area (Å²) in [5.41, 5.74) is 0.664. The number of rotatable bonds is 2. The average molecular weight is 318 g/mol. The van der Waals surface area contributed by atoms with Crippen LogP contribution in [0, 0.1) is 21.4 Å². The summed E-state index contributed by atoms with van der Waals surface area (Å²) in [5, 5.41) is 32.1. The highest BCUT2D eigenvalue weighted by Crippen LogP contribution is 2.34. The number of non-ortho nitro benzene ring substituents is 1. The van der Waals surface area contributed by atoms with Gasteiger partial charge in [-0.15, -0.1) is 0 Å². The van der Waals surface area contributed by atoms with Crippen molar-refractivity contribution >= 4 is 29.1 Å². The molecule has 1 aliphatic heterocycles.